The summed E-state index contributed by atoms with van der Waals surface area (Å²) < 4.78 is 32.4. The SMILES string of the molecule is COC(=O)c1c(F)cc(NC(=O)N2CCN(c3ccc(N)cc3C)CC2)cc1F. The number of methoxy groups -OCH3 is 1. The Morgan fingerprint density at radius 2 is 1.69 bits per heavy atom. The number of esters is 1. The van der Waals surface area contributed by atoms with Gasteiger partial charge in [0.25, 0.3) is 0 Å². The van der Waals surface area contributed by atoms with Crippen molar-refractivity contribution in [2.24, 2.45) is 0 Å². The summed E-state index contributed by atoms with van der Waals surface area (Å²) in [5, 5.41) is 2.47. The second-order valence-electron chi connectivity index (χ2n) is 6.76. The van der Waals surface area contributed by atoms with E-state index in [0.717, 1.165) is 30.5 Å². The van der Waals surface area contributed by atoms with Crippen LogP contribution in [0.4, 0.5) is 30.6 Å². The lowest BCUT2D eigenvalue weighted by Gasteiger charge is -2.36. The van der Waals surface area contributed by atoms with E-state index in [1.165, 1.54) is 0 Å². The van der Waals surface area contributed by atoms with Crippen LogP contribution in [0.15, 0.2) is 30.3 Å². The number of nitrogens with one attached hydrogen (secondary N) is 1. The Morgan fingerprint density at radius 1 is 1.07 bits per heavy atom. The van der Waals surface area contributed by atoms with E-state index in [-0.39, 0.29) is 5.69 Å². The first-order valence-electron chi connectivity index (χ1n) is 9.04. The molecule has 154 valence electrons. The maximum atomic E-state index is 14.0. The summed E-state index contributed by atoms with van der Waals surface area (Å²) in [5.74, 6) is -3.32. The van der Waals surface area contributed by atoms with Crippen LogP contribution in [0.3, 0.4) is 0 Å². The lowest BCUT2D eigenvalue weighted by Crippen LogP contribution is -2.50. The molecule has 1 saturated heterocycles. The zero-order valence-corrected chi connectivity index (χ0v) is 16.2. The van der Waals surface area contributed by atoms with Crippen LogP contribution < -0.4 is 16.0 Å². The summed E-state index contributed by atoms with van der Waals surface area (Å²) in [6, 6.07) is 7.00. The summed E-state index contributed by atoms with van der Waals surface area (Å²) >= 11 is 0. The number of hydrogen-bond acceptors (Lipinski definition) is 5. The van der Waals surface area contributed by atoms with Gasteiger partial charge in [-0.15, -0.1) is 0 Å². The minimum atomic E-state index is -1.12. The number of anilines is 3. The lowest BCUT2D eigenvalue weighted by molar-refractivity contribution is 0.0590. The number of ether oxygens (including phenoxy) is 1. The Kier molecular flexibility index (Phi) is 5.86. The first-order valence-corrected chi connectivity index (χ1v) is 9.04. The molecule has 2 amide bonds. The minimum Gasteiger partial charge on any atom is -0.465 e. The largest absolute Gasteiger partial charge is 0.465 e. The summed E-state index contributed by atoms with van der Waals surface area (Å²) in [5.41, 5.74) is 7.73. The van der Waals surface area contributed by atoms with Crippen LogP contribution in [-0.4, -0.2) is 50.2 Å². The number of urea groups is 1. The highest BCUT2D eigenvalue weighted by Crippen LogP contribution is 2.24. The van der Waals surface area contributed by atoms with Crippen LogP contribution in [0, 0.1) is 18.6 Å². The molecule has 0 spiro atoms. The quantitative estimate of drug-likeness (QED) is 0.607. The Balaban J connectivity index is 1.63. The van der Waals surface area contributed by atoms with Gasteiger partial charge in [-0.1, -0.05) is 0 Å². The molecule has 0 radical (unpaired) electrons. The number of carbonyl (C=O) groups is 2. The first-order chi connectivity index (χ1) is 13.8. The number of carbonyl (C=O) groups excluding carboxylic acids is 2. The van der Waals surface area contributed by atoms with E-state index >= 15 is 0 Å². The van der Waals surface area contributed by atoms with Gasteiger partial charge in [-0.2, -0.15) is 0 Å². The van der Waals surface area contributed by atoms with Crippen LogP contribution >= 0.6 is 0 Å². The Bertz CT molecular complexity index is 920. The van der Waals surface area contributed by atoms with Gasteiger partial charge in [-0.05, 0) is 42.8 Å². The third-order valence-electron chi connectivity index (χ3n) is 4.81. The zero-order valence-electron chi connectivity index (χ0n) is 16.2. The number of piperazine rings is 1. The molecule has 29 heavy (non-hydrogen) atoms. The zero-order chi connectivity index (χ0) is 21.1. The summed E-state index contributed by atoms with van der Waals surface area (Å²) in [6.07, 6.45) is 0. The van der Waals surface area contributed by atoms with Crippen molar-refractivity contribution in [3.05, 3.63) is 53.1 Å². The third-order valence-corrected chi connectivity index (χ3v) is 4.81. The van der Waals surface area contributed by atoms with E-state index in [9.17, 15) is 18.4 Å². The smallest absolute Gasteiger partial charge is 0.343 e. The van der Waals surface area contributed by atoms with Gasteiger partial charge in [0.15, 0.2) is 0 Å². The molecule has 0 atom stereocenters. The highest BCUT2D eigenvalue weighted by Gasteiger charge is 2.24. The van der Waals surface area contributed by atoms with E-state index in [0.29, 0.717) is 31.9 Å². The van der Waals surface area contributed by atoms with Gasteiger partial charge in [-0.25, -0.2) is 18.4 Å². The summed E-state index contributed by atoms with van der Waals surface area (Å²) in [6.45, 7) is 4.10. The molecule has 2 aromatic carbocycles. The number of nitrogens with two attached hydrogens (primary N) is 1. The Hall–Kier alpha value is -3.36. The number of rotatable bonds is 3. The van der Waals surface area contributed by atoms with E-state index in [2.05, 4.69) is 15.0 Å². The van der Waals surface area contributed by atoms with Gasteiger partial charge in [-0.3, -0.25) is 0 Å². The highest BCUT2D eigenvalue weighted by molar-refractivity contribution is 5.93. The number of hydrogen-bond donors (Lipinski definition) is 2. The number of benzene rings is 2. The molecule has 7 nitrogen and oxygen atoms in total. The lowest BCUT2D eigenvalue weighted by atomic mass is 10.1. The molecule has 0 unspecified atom stereocenters. The Morgan fingerprint density at radius 3 is 2.24 bits per heavy atom. The van der Waals surface area contributed by atoms with Gasteiger partial charge in [0.1, 0.15) is 17.2 Å². The maximum absolute atomic E-state index is 14.0. The average Bonchev–Trinajstić information content (AvgIpc) is 2.67. The van der Waals surface area contributed by atoms with Crippen LogP contribution in [0.1, 0.15) is 15.9 Å². The molecule has 2 aromatic rings. The second kappa shape index (κ2) is 8.34. The molecule has 1 aliphatic heterocycles. The fraction of sp³-hybridized carbons (Fsp3) is 0.300. The van der Waals surface area contributed by atoms with Crippen molar-refractivity contribution in [1.82, 2.24) is 4.90 Å². The molecule has 0 aliphatic carbocycles. The summed E-state index contributed by atoms with van der Waals surface area (Å²) in [7, 11) is 1.03. The Labute approximate surface area is 167 Å². The first kappa shape index (κ1) is 20.4. The van der Waals surface area contributed by atoms with Gasteiger partial charge in [0, 0.05) is 43.2 Å². The number of aryl methyl sites for hydroxylation is 1. The molecule has 0 aromatic heterocycles. The van der Waals surface area contributed by atoms with E-state index in [1.54, 1.807) is 4.90 Å². The van der Waals surface area contributed by atoms with Crippen molar-refractivity contribution in [1.29, 1.82) is 0 Å². The van der Waals surface area contributed by atoms with Gasteiger partial charge in [0.2, 0.25) is 0 Å². The maximum Gasteiger partial charge on any atom is 0.343 e. The predicted octanol–water partition coefficient (Wildman–Crippen LogP) is 3.00. The standard InChI is InChI=1S/C20H22F2N4O3/c1-12-9-13(23)3-4-17(12)25-5-7-26(8-6-25)20(28)24-14-10-15(21)18(16(22)11-14)19(27)29-2/h3-4,9-11H,5-8,23H2,1-2H3,(H,24,28). The summed E-state index contributed by atoms with van der Waals surface area (Å²) in [4.78, 5) is 27.6. The number of nitrogen functional groups attached to an aromatic ring is 1. The van der Waals surface area contributed by atoms with Crippen LogP contribution in [0.5, 0.6) is 0 Å². The molecular weight excluding hydrogens is 382 g/mol. The fourth-order valence-electron chi connectivity index (χ4n) is 3.33. The monoisotopic (exact) mass is 404 g/mol. The third kappa shape index (κ3) is 4.39. The molecule has 1 aliphatic rings. The second-order valence-corrected chi connectivity index (χ2v) is 6.76. The van der Waals surface area contributed by atoms with Crippen molar-refractivity contribution in [3.8, 4) is 0 Å². The van der Waals surface area contributed by atoms with Crippen molar-refractivity contribution in [2.75, 3.05) is 49.2 Å². The topological polar surface area (TPSA) is 87.9 Å². The molecule has 1 fully saturated rings. The normalized spacial score (nSPS) is 13.9. The molecule has 3 N–H and O–H groups in total. The van der Waals surface area contributed by atoms with Gasteiger partial charge < -0.3 is 25.6 Å². The molecule has 1 heterocycles. The van der Waals surface area contributed by atoms with Crippen molar-refractivity contribution < 1.29 is 23.1 Å². The number of nitrogens with zero attached hydrogens (tertiary/aromatic N) is 2. The molecule has 9 heteroatoms. The predicted molar refractivity (Wildman–Crippen MR) is 106 cm³/mol. The number of amides is 2. The van der Waals surface area contributed by atoms with Crippen LogP contribution in [0.25, 0.3) is 0 Å². The molecule has 0 saturated carbocycles. The highest BCUT2D eigenvalue weighted by atomic mass is 19.1. The fourth-order valence-corrected chi connectivity index (χ4v) is 3.33. The van der Waals surface area contributed by atoms with E-state index in [1.807, 2.05) is 25.1 Å². The minimum absolute atomic E-state index is 0.0746. The van der Waals surface area contributed by atoms with E-state index in [4.69, 9.17) is 5.73 Å². The van der Waals surface area contributed by atoms with Gasteiger partial charge >= 0.3 is 12.0 Å². The molecule has 3 rings (SSSR count). The average molecular weight is 404 g/mol. The van der Waals surface area contributed by atoms with Gasteiger partial charge in [0.05, 0.1) is 7.11 Å². The van der Waals surface area contributed by atoms with Crippen LogP contribution in [0.2, 0.25) is 0 Å². The van der Waals surface area contributed by atoms with Crippen molar-refractivity contribution in [2.45, 2.75) is 6.92 Å². The molecule has 0 bridgehead atoms. The number of halogens is 2. The van der Waals surface area contributed by atoms with Crippen molar-refractivity contribution in [3.63, 3.8) is 0 Å². The van der Waals surface area contributed by atoms with Crippen molar-refractivity contribution >= 4 is 29.1 Å². The van der Waals surface area contributed by atoms with E-state index < -0.39 is 29.2 Å². The molecular formula is C20H22F2N4O3. The van der Waals surface area contributed by atoms with Crippen LogP contribution in [-0.2, 0) is 4.74 Å².